The Morgan fingerprint density at radius 2 is 2.14 bits per heavy atom. The lowest BCUT2D eigenvalue weighted by atomic mass is 10.1. The number of amides is 2. The smallest absolute Gasteiger partial charge is 0.229 e. The van der Waals surface area contributed by atoms with Gasteiger partial charge in [0.1, 0.15) is 5.75 Å². The number of fused-ring (bicyclic) bond motifs is 1. The number of likely N-dealkylation sites (N-methyl/N-ethyl adjacent to an activating group) is 1. The average molecular weight is 403 g/mol. The average Bonchev–Trinajstić information content (AvgIpc) is 3.19. The normalized spacial score (nSPS) is 21.4. The number of anilines is 1. The molecule has 2 amide bonds. The molecular formula is C20H26N4O3S. The lowest BCUT2D eigenvalue weighted by Gasteiger charge is -2.23. The minimum atomic E-state index is -0.276. The van der Waals surface area contributed by atoms with E-state index in [0.717, 1.165) is 48.6 Å². The van der Waals surface area contributed by atoms with Crippen LogP contribution >= 0.6 is 11.3 Å². The van der Waals surface area contributed by atoms with Crippen molar-refractivity contribution in [3.05, 3.63) is 18.2 Å². The zero-order chi connectivity index (χ0) is 19.7. The number of rotatable bonds is 4. The van der Waals surface area contributed by atoms with Gasteiger partial charge >= 0.3 is 0 Å². The quantitative estimate of drug-likeness (QED) is 0.785. The molecule has 0 radical (unpaired) electrons. The Bertz CT molecular complexity index is 883. The molecule has 0 N–H and O–H groups in total. The highest BCUT2D eigenvalue weighted by Crippen LogP contribution is 2.35. The molecule has 2 aliphatic heterocycles. The van der Waals surface area contributed by atoms with Crippen molar-refractivity contribution in [3.8, 4) is 5.75 Å². The summed E-state index contributed by atoms with van der Waals surface area (Å²) in [6.45, 7) is 6.38. The molecule has 7 nitrogen and oxygen atoms in total. The van der Waals surface area contributed by atoms with E-state index in [1.807, 2.05) is 30.0 Å². The monoisotopic (exact) mass is 402 g/mol. The summed E-state index contributed by atoms with van der Waals surface area (Å²) in [5, 5.41) is 0.666. The predicted octanol–water partition coefficient (Wildman–Crippen LogP) is 2.21. The van der Waals surface area contributed by atoms with Gasteiger partial charge in [-0.25, -0.2) is 4.98 Å². The molecule has 1 aromatic heterocycles. The molecule has 1 aromatic carbocycles. The molecule has 0 bridgehead atoms. The van der Waals surface area contributed by atoms with Crippen molar-refractivity contribution >= 4 is 38.5 Å². The predicted molar refractivity (Wildman–Crippen MR) is 110 cm³/mol. The van der Waals surface area contributed by atoms with Crippen molar-refractivity contribution in [2.75, 3.05) is 51.3 Å². The Balaban J connectivity index is 1.48. The third-order valence-corrected chi connectivity index (χ3v) is 6.44. The first kappa shape index (κ1) is 19.1. The molecule has 1 atom stereocenters. The number of nitrogens with zero attached hydrogens (tertiary/aromatic N) is 4. The van der Waals surface area contributed by atoms with Crippen LogP contribution in [0.25, 0.3) is 10.2 Å². The summed E-state index contributed by atoms with van der Waals surface area (Å²) in [4.78, 5) is 36.1. The van der Waals surface area contributed by atoms with E-state index in [9.17, 15) is 9.59 Å². The third kappa shape index (κ3) is 3.84. The third-order valence-electron chi connectivity index (χ3n) is 5.40. The molecule has 1 unspecified atom stereocenters. The number of aromatic nitrogens is 1. The molecule has 0 saturated carbocycles. The number of hydrogen-bond donors (Lipinski definition) is 0. The van der Waals surface area contributed by atoms with Crippen molar-refractivity contribution in [3.63, 3.8) is 0 Å². The zero-order valence-corrected chi connectivity index (χ0v) is 17.2. The number of carbonyl (C=O) groups is 2. The Morgan fingerprint density at radius 1 is 1.29 bits per heavy atom. The van der Waals surface area contributed by atoms with Crippen LogP contribution in [-0.2, 0) is 9.59 Å². The van der Waals surface area contributed by atoms with Crippen molar-refractivity contribution < 1.29 is 14.3 Å². The maximum atomic E-state index is 13.0. The van der Waals surface area contributed by atoms with Crippen LogP contribution in [0, 0.1) is 5.92 Å². The topological polar surface area (TPSA) is 66.0 Å². The second-order valence-corrected chi connectivity index (χ2v) is 8.46. The van der Waals surface area contributed by atoms with Gasteiger partial charge in [-0.3, -0.25) is 14.5 Å². The van der Waals surface area contributed by atoms with Gasteiger partial charge in [0.05, 0.1) is 22.7 Å². The van der Waals surface area contributed by atoms with E-state index in [1.54, 1.807) is 4.90 Å². The molecular weight excluding hydrogens is 376 g/mol. The van der Waals surface area contributed by atoms with Crippen LogP contribution < -0.4 is 9.64 Å². The first-order valence-electron chi connectivity index (χ1n) is 9.86. The second kappa shape index (κ2) is 8.05. The maximum absolute atomic E-state index is 13.0. The molecule has 2 saturated heterocycles. The first-order chi connectivity index (χ1) is 13.5. The Labute approximate surface area is 168 Å². The van der Waals surface area contributed by atoms with Gasteiger partial charge < -0.3 is 14.5 Å². The summed E-state index contributed by atoms with van der Waals surface area (Å²) >= 11 is 1.47. The van der Waals surface area contributed by atoms with E-state index >= 15 is 0 Å². The van der Waals surface area contributed by atoms with Gasteiger partial charge in [0.15, 0.2) is 5.13 Å². The van der Waals surface area contributed by atoms with Gasteiger partial charge in [-0.15, -0.1) is 0 Å². The summed E-state index contributed by atoms with van der Waals surface area (Å²) in [6.07, 6.45) is 1.25. The van der Waals surface area contributed by atoms with E-state index in [-0.39, 0.29) is 24.2 Å². The van der Waals surface area contributed by atoms with Gasteiger partial charge in [0.2, 0.25) is 11.8 Å². The molecule has 2 fully saturated rings. The Kier molecular flexibility index (Phi) is 5.50. The summed E-state index contributed by atoms with van der Waals surface area (Å²) in [5.41, 5.74) is 0.849. The van der Waals surface area contributed by atoms with E-state index in [2.05, 4.69) is 16.9 Å². The molecule has 4 rings (SSSR count). The molecule has 2 aromatic rings. The number of hydrogen-bond acceptors (Lipinski definition) is 6. The molecule has 8 heteroatoms. The standard InChI is InChI=1S/C20H26N4O3S/c1-3-27-15-5-6-16-17(12-15)28-20(21-16)24-13-14(11-18(24)25)19(26)23-8-4-7-22(2)9-10-23/h5-6,12,14H,3-4,7-11,13H2,1-2H3. The lowest BCUT2D eigenvalue weighted by Crippen LogP contribution is -2.39. The van der Waals surface area contributed by atoms with Crippen molar-refractivity contribution in [1.29, 1.82) is 0 Å². The van der Waals surface area contributed by atoms with E-state index in [4.69, 9.17) is 4.74 Å². The molecule has 28 heavy (non-hydrogen) atoms. The summed E-state index contributed by atoms with van der Waals surface area (Å²) in [6, 6.07) is 5.76. The maximum Gasteiger partial charge on any atom is 0.229 e. The SMILES string of the molecule is CCOc1ccc2nc(N3CC(C(=O)N4CCCN(C)CC4)CC3=O)sc2c1. The van der Waals surface area contributed by atoms with Crippen LogP contribution in [-0.4, -0.2) is 73.0 Å². The second-order valence-electron chi connectivity index (χ2n) is 7.45. The van der Waals surface area contributed by atoms with Gasteiger partial charge in [0, 0.05) is 32.6 Å². The summed E-state index contributed by atoms with van der Waals surface area (Å²) in [5.74, 6) is 0.610. The van der Waals surface area contributed by atoms with Gasteiger partial charge in [-0.1, -0.05) is 11.3 Å². The number of ether oxygens (including phenoxy) is 1. The first-order valence-corrected chi connectivity index (χ1v) is 10.7. The lowest BCUT2D eigenvalue weighted by molar-refractivity contribution is -0.135. The highest BCUT2D eigenvalue weighted by Gasteiger charge is 2.38. The largest absolute Gasteiger partial charge is 0.494 e. The van der Waals surface area contributed by atoms with Crippen LogP contribution in [0.1, 0.15) is 19.8 Å². The Hall–Kier alpha value is -2.19. The summed E-state index contributed by atoms with van der Waals surface area (Å²) < 4.78 is 6.53. The molecule has 150 valence electrons. The number of thiazole rings is 1. The fraction of sp³-hybridized carbons (Fsp3) is 0.550. The van der Waals surface area contributed by atoms with E-state index in [1.165, 1.54) is 11.3 Å². The van der Waals surface area contributed by atoms with Crippen LogP contribution in [0.5, 0.6) is 5.75 Å². The van der Waals surface area contributed by atoms with Crippen molar-refractivity contribution in [2.24, 2.45) is 5.92 Å². The summed E-state index contributed by atoms with van der Waals surface area (Å²) in [7, 11) is 2.08. The fourth-order valence-electron chi connectivity index (χ4n) is 3.85. The van der Waals surface area contributed by atoms with Gasteiger partial charge in [-0.05, 0) is 45.1 Å². The van der Waals surface area contributed by atoms with Crippen LogP contribution in [0.15, 0.2) is 18.2 Å². The van der Waals surface area contributed by atoms with Gasteiger partial charge in [0.25, 0.3) is 0 Å². The minimum absolute atomic E-state index is 0.0191. The highest BCUT2D eigenvalue weighted by atomic mass is 32.1. The molecule has 3 heterocycles. The highest BCUT2D eigenvalue weighted by molar-refractivity contribution is 7.22. The van der Waals surface area contributed by atoms with E-state index < -0.39 is 0 Å². The Morgan fingerprint density at radius 3 is 2.96 bits per heavy atom. The van der Waals surface area contributed by atoms with Crippen LogP contribution in [0.3, 0.4) is 0 Å². The fourth-order valence-corrected chi connectivity index (χ4v) is 4.87. The number of carbonyl (C=O) groups excluding carboxylic acids is 2. The van der Waals surface area contributed by atoms with Crippen LogP contribution in [0.4, 0.5) is 5.13 Å². The number of benzene rings is 1. The van der Waals surface area contributed by atoms with Crippen LogP contribution in [0.2, 0.25) is 0 Å². The van der Waals surface area contributed by atoms with Gasteiger partial charge in [-0.2, -0.15) is 0 Å². The molecule has 0 aliphatic carbocycles. The molecule has 0 spiro atoms. The minimum Gasteiger partial charge on any atom is -0.494 e. The van der Waals surface area contributed by atoms with E-state index in [0.29, 0.717) is 18.3 Å². The van der Waals surface area contributed by atoms with Crippen molar-refractivity contribution in [1.82, 2.24) is 14.8 Å². The van der Waals surface area contributed by atoms with Crippen molar-refractivity contribution in [2.45, 2.75) is 19.8 Å². The zero-order valence-electron chi connectivity index (χ0n) is 16.4. The molecule has 2 aliphatic rings.